The van der Waals surface area contributed by atoms with Crippen LogP contribution in [0.1, 0.15) is 0 Å². The lowest BCUT2D eigenvalue weighted by atomic mass is 10.3. The highest BCUT2D eigenvalue weighted by Crippen LogP contribution is 2.25. The van der Waals surface area contributed by atoms with Crippen LogP contribution in [0.2, 0.25) is 0 Å². The summed E-state index contributed by atoms with van der Waals surface area (Å²) in [5.74, 6) is -0.394. The quantitative estimate of drug-likeness (QED) is 0.496. The van der Waals surface area contributed by atoms with Gasteiger partial charge in [-0.05, 0) is 12.1 Å². The molecule has 4 N–H and O–H groups in total. The molecule has 1 amide bonds. The van der Waals surface area contributed by atoms with E-state index in [0.29, 0.717) is 13.1 Å². The first-order valence-corrected chi connectivity index (χ1v) is 4.78. The van der Waals surface area contributed by atoms with Crippen LogP contribution >= 0.6 is 0 Å². The first-order valence-electron chi connectivity index (χ1n) is 4.78. The molecule has 1 aromatic rings. The van der Waals surface area contributed by atoms with Gasteiger partial charge in [-0.1, -0.05) is 18.7 Å². The van der Waals surface area contributed by atoms with E-state index in [1.807, 2.05) is 0 Å². The van der Waals surface area contributed by atoms with Gasteiger partial charge in [-0.25, -0.2) is 0 Å². The number of nitrogens with two attached hydrogens (primary N) is 1. The Morgan fingerprint density at radius 3 is 2.81 bits per heavy atom. The van der Waals surface area contributed by atoms with Crippen molar-refractivity contribution in [2.75, 3.05) is 13.1 Å². The minimum atomic E-state index is -0.450. The van der Waals surface area contributed by atoms with Crippen molar-refractivity contribution in [2.45, 2.75) is 0 Å². The molecule has 0 aromatic heterocycles. The molecule has 16 heavy (non-hydrogen) atoms. The number of phenolic OH excluding ortho intramolecular Hbond substituents is 1. The van der Waals surface area contributed by atoms with Crippen molar-refractivity contribution in [3.63, 3.8) is 0 Å². The largest absolute Gasteiger partial charge is 0.504 e. The average Bonchev–Trinajstić information content (AvgIpc) is 2.28. The highest BCUT2D eigenvalue weighted by molar-refractivity contribution is 5.91. The molecule has 1 aromatic carbocycles. The van der Waals surface area contributed by atoms with E-state index in [0.717, 1.165) is 0 Å². The number of hydrogen-bond acceptors (Lipinski definition) is 4. The summed E-state index contributed by atoms with van der Waals surface area (Å²) >= 11 is 0. The molecule has 0 aliphatic rings. The number of ether oxygens (including phenoxy) is 1. The number of carbonyl (C=O) groups is 1. The van der Waals surface area contributed by atoms with Gasteiger partial charge in [-0.3, -0.25) is 4.79 Å². The maximum atomic E-state index is 11.3. The van der Waals surface area contributed by atoms with Crippen molar-refractivity contribution < 1.29 is 14.6 Å². The standard InChI is InChI=1S/C11H14N2O3/c1-8(11(15)13-7-6-12)16-10-5-3-2-4-9(10)14/h2-5,14H,1,6-7,12H2,(H,13,15). The molecule has 0 unspecified atom stereocenters. The summed E-state index contributed by atoms with van der Waals surface area (Å²) in [6, 6.07) is 6.33. The van der Waals surface area contributed by atoms with E-state index in [2.05, 4.69) is 11.9 Å². The molecule has 0 spiro atoms. The topological polar surface area (TPSA) is 84.6 Å². The highest BCUT2D eigenvalue weighted by atomic mass is 16.5. The molecule has 0 radical (unpaired) electrons. The van der Waals surface area contributed by atoms with Crippen LogP contribution in [0.15, 0.2) is 36.6 Å². The van der Waals surface area contributed by atoms with Crippen molar-refractivity contribution in [1.29, 1.82) is 0 Å². The van der Waals surface area contributed by atoms with Gasteiger partial charge in [0.2, 0.25) is 0 Å². The number of benzene rings is 1. The molecule has 5 heteroatoms. The Hall–Kier alpha value is -2.01. The Kier molecular flexibility index (Phi) is 4.35. The summed E-state index contributed by atoms with van der Waals surface area (Å²) in [7, 11) is 0. The van der Waals surface area contributed by atoms with E-state index >= 15 is 0 Å². The van der Waals surface area contributed by atoms with Gasteiger partial charge in [0, 0.05) is 13.1 Å². The fourth-order valence-corrected chi connectivity index (χ4v) is 1.01. The number of para-hydroxylation sites is 2. The number of hydrogen-bond donors (Lipinski definition) is 3. The van der Waals surface area contributed by atoms with E-state index in [-0.39, 0.29) is 17.3 Å². The molecular weight excluding hydrogens is 208 g/mol. The van der Waals surface area contributed by atoms with Gasteiger partial charge in [0.1, 0.15) is 0 Å². The molecule has 86 valence electrons. The number of carbonyl (C=O) groups excluding carboxylic acids is 1. The second kappa shape index (κ2) is 5.77. The zero-order valence-corrected chi connectivity index (χ0v) is 8.77. The van der Waals surface area contributed by atoms with Crippen molar-refractivity contribution in [1.82, 2.24) is 5.32 Å². The smallest absolute Gasteiger partial charge is 0.286 e. The number of aromatic hydroxyl groups is 1. The van der Waals surface area contributed by atoms with Gasteiger partial charge >= 0.3 is 0 Å². The van der Waals surface area contributed by atoms with E-state index in [1.54, 1.807) is 12.1 Å². The van der Waals surface area contributed by atoms with E-state index in [9.17, 15) is 9.90 Å². The molecule has 0 saturated heterocycles. The Balaban J connectivity index is 2.58. The van der Waals surface area contributed by atoms with E-state index < -0.39 is 5.91 Å². The molecule has 0 saturated carbocycles. The third kappa shape index (κ3) is 3.29. The van der Waals surface area contributed by atoms with Crippen molar-refractivity contribution in [2.24, 2.45) is 5.73 Å². The molecular formula is C11H14N2O3. The lowest BCUT2D eigenvalue weighted by Gasteiger charge is -2.09. The summed E-state index contributed by atoms with van der Waals surface area (Å²) in [5, 5.41) is 11.9. The van der Waals surface area contributed by atoms with Crippen LogP contribution in [0, 0.1) is 0 Å². The summed E-state index contributed by atoms with van der Waals surface area (Å²) in [4.78, 5) is 11.3. The van der Waals surface area contributed by atoms with Crippen LogP contribution < -0.4 is 15.8 Å². The van der Waals surface area contributed by atoms with Gasteiger partial charge in [0.05, 0.1) is 0 Å². The molecule has 1 rings (SSSR count). The molecule has 0 fully saturated rings. The van der Waals surface area contributed by atoms with Crippen LogP contribution in [0.5, 0.6) is 11.5 Å². The van der Waals surface area contributed by atoms with Crippen molar-refractivity contribution >= 4 is 5.91 Å². The normalized spacial score (nSPS) is 9.56. The summed E-state index contributed by atoms with van der Waals surface area (Å²) in [6.45, 7) is 4.15. The summed E-state index contributed by atoms with van der Waals surface area (Å²) in [5.41, 5.74) is 5.23. The predicted octanol–water partition coefficient (Wildman–Crippen LogP) is 0.360. The number of nitrogens with one attached hydrogen (secondary N) is 1. The van der Waals surface area contributed by atoms with Gasteiger partial charge < -0.3 is 20.9 Å². The molecule has 0 aliphatic heterocycles. The SMILES string of the molecule is C=C(Oc1ccccc1O)C(=O)NCCN. The number of amides is 1. The van der Waals surface area contributed by atoms with Crippen LogP contribution in [-0.4, -0.2) is 24.1 Å². The van der Waals surface area contributed by atoms with Crippen LogP contribution in [0.3, 0.4) is 0 Å². The zero-order chi connectivity index (χ0) is 12.0. The molecule has 0 aliphatic carbocycles. The second-order valence-electron chi connectivity index (χ2n) is 3.04. The monoisotopic (exact) mass is 222 g/mol. The average molecular weight is 222 g/mol. The van der Waals surface area contributed by atoms with Crippen LogP contribution in [-0.2, 0) is 4.79 Å². The van der Waals surface area contributed by atoms with Crippen molar-refractivity contribution in [3.05, 3.63) is 36.6 Å². The number of rotatable bonds is 5. The second-order valence-corrected chi connectivity index (χ2v) is 3.04. The van der Waals surface area contributed by atoms with E-state index in [4.69, 9.17) is 10.5 Å². The first kappa shape index (κ1) is 12.1. The van der Waals surface area contributed by atoms with Gasteiger partial charge in [0.25, 0.3) is 5.91 Å². The highest BCUT2D eigenvalue weighted by Gasteiger charge is 2.10. The molecule has 0 heterocycles. The summed E-state index contributed by atoms with van der Waals surface area (Å²) < 4.78 is 5.11. The predicted molar refractivity (Wildman–Crippen MR) is 59.9 cm³/mol. The lowest BCUT2D eigenvalue weighted by molar-refractivity contribution is -0.119. The minimum absolute atomic E-state index is 0.0460. The Bertz CT molecular complexity index is 391. The molecule has 0 bridgehead atoms. The van der Waals surface area contributed by atoms with Crippen molar-refractivity contribution in [3.8, 4) is 11.5 Å². The fraction of sp³-hybridized carbons (Fsp3) is 0.182. The Labute approximate surface area is 93.5 Å². The van der Waals surface area contributed by atoms with Crippen LogP contribution in [0.4, 0.5) is 0 Å². The van der Waals surface area contributed by atoms with Gasteiger partial charge in [-0.2, -0.15) is 0 Å². The maximum absolute atomic E-state index is 11.3. The first-order chi connectivity index (χ1) is 7.65. The maximum Gasteiger partial charge on any atom is 0.286 e. The van der Waals surface area contributed by atoms with Crippen LogP contribution in [0.25, 0.3) is 0 Å². The number of phenols is 1. The zero-order valence-electron chi connectivity index (χ0n) is 8.77. The minimum Gasteiger partial charge on any atom is -0.504 e. The third-order valence-electron chi connectivity index (χ3n) is 1.78. The van der Waals surface area contributed by atoms with E-state index in [1.165, 1.54) is 12.1 Å². The van der Waals surface area contributed by atoms with Gasteiger partial charge in [-0.15, -0.1) is 0 Å². The lowest BCUT2D eigenvalue weighted by Crippen LogP contribution is -2.31. The molecule has 5 nitrogen and oxygen atoms in total. The Morgan fingerprint density at radius 2 is 2.19 bits per heavy atom. The molecule has 0 atom stereocenters. The van der Waals surface area contributed by atoms with Gasteiger partial charge in [0.15, 0.2) is 17.3 Å². The summed E-state index contributed by atoms with van der Waals surface area (Å²) in [6.07, 6.45) is 0. The fourth-order valence-electron chi connectivity index (χ4n) is 1.01. The Morgan fingerprint density at radius 1 is 1.50 bits per heavy atom. The third-order valence-corrected chi connectivity index (χ3v) is 1.78.